The van der Waals surface area contributed by atoms with Crippen LogP contribution >= 0.6 is 22.6 Å². The Morgan fingerprint density at radius 2 is 2.08 bits per heavy atom. The van der Waals surface area contributed by atoms with Gasteiger partial charge in [-0.05, 0) is 35.6 Å². The Morgan fingerprint density at radius 1 is 1.46 bits per heavy atom. The molecule has 0 amide bonds. The third-order valence-corrected chi connectivity index (χ3v) is 1.82. The van der Waals surface area contributed by atoms with Gasteiger partial charge in [0, 0.05) is 9.77 Å². The molecular formula is C7H5F3INO. The van der Waals surface area contributed by atoms with Crippen molar-refractivity contribution in [2.24, 2.45) is 0 Å². The minimum atomic E-state index is -4.66. The summed E-state index contributed by atoms with van der Waals surface area (Å²) in [5, 5.41) is 0. The zero-order chi connectivity index (χ0) is 10.1. The van der Waals surface area contributed by atoms with Gasteiger partial charge in [-0.3, -0.25) is 4.98 Å². The average Bonchev–Trinajstić information content (AvgIpc) is 1.94. The van der Waals surface area contributed by atoms with Gasteiger partial charge in [0.2, 0.25) is 0 Å². The number of pyridine rings is 1. The van der Waals surface area contributed by atoms with E-state index in [0.29, 0.717) is 3.57 Å². The zero-order valence-electron chi connectivity index (χ0n) is 6.52. The smallest absolute Gasteiger partial charge is 0.404 e. The summed E-state index contributed by atoms with van der Waals surface area (Å²) >= 11 is 1.86. The second kappa shape index (κ2) is 3.69. The van der Waals surface area contributed by atoms with Gasteiger partial charge in [-0.25, -0.2) is 0 Å². The summed E-state index contributed by atoms with van der Waals surface area (Å²) in [7, 11) is 0. The van der Waals surface area contributed by atoms with Crippen LogP contribution < -0.4 is 4.74 Å². The molecule has 0 saturated carbocycles. The number of hydrogen-bond donors (Lipinski definition) is 0. The number of hydrogen-bond acceptors (Lipinski definition) is 2. The molecule has 1 heterocycles. The Morgan fingerprint density at radius 3 is 2.62 bits per heavy atom. The fourth-order valence-electron chi connectivity index (χ4n) is 0.717. The fraction of sp³-hybridized carbons (Fsp3) is 0.286. The summed E-state index contributed by atoms with van der Waals surface area (Å²) in [6, 6.07) is 1.29. The van der Waals surface area contributed by atoms with Gasteiger partial charge in [-0.15, -0.1) is 13.2 Å². The second-order valence-electron chi connectivity index (χ2n) is 2.28. The Bertz CT molecular complexity index is 313. The Labute approximate surface area is 86.3 Å². The molecule has 0 radical (unpaired) electrons. The van der Waals surface area contributed by atoms with Crippen molar-refractivity contribution in [2.45, 2.75) is 13.3 Å². The molecular weight excluding hydrogens is 298 g/mol. The molecule has 1 aromatic rings. The quantitative estimate of drug-likeness (QED) is 0.744. The van der Waals surface area contributed by atoms with Crippen molar-refractivity contribution in [1.29, 1.82) is 0 Å². The topological polar surface area (TPSA) is 22.1 Å². The van der Waals surface area contributed by atoms with Gasteiger partial charge in [0.05, 0.1) is 5.69 Å². The van der Waals surface area contributed by atoms with Gasteiger partial charge in [-0.2, -0.15) is 0 Å². The molecule has 0 aliphatic carbocycles. The van der Waals surface area contributed by atoms with E-state index < -0.39 is 6.36 Å². The highest BCUT2D eigenvalue weighted by Crippen LogP contribution is 2.25. The van der Waals surface area contributed by atoms with E-state index in [-0.39, 0.29) is 11.4 Å². The van der Waals surface area contributed by atoms with Gasteiger partial charge in [0.15, 0.2) is 5.75 Å². The molecule has 0 N–H and O–H groups in total. The average molecular weight is 303 g/mol. The molecule has 13 heavy (non-hydrogen) atoms. The second-order valence-corrected chi connectivity index (χ2v) is 3.53. The molecule has 0 fully saturated rings. The minimum absolute atomic E-state index is 0.220. The molecule has 0 unspecified atom stereocenters. The first kappa shape index (κ1) is 10.6. The molecule has 0 aliphatic rings. The Hall–Kier alpha value is -0.530. The third kappa shape index (κ3) is 3.37. The molecule has 0 saturated heterocycles. The number of rotatable bonds is 1. The first-order valence-corrected chi connectivity index (χ1v) is 4.34. The molecule has 72 valence electrons. The van der Waals surface area contributed by atoms with Crippen LogP contribution in [0.3, 0.4) is 0 Å². The van der Waals surface area contributed by atoms with Crippen LogP contribution in [0.5, 0.6) is 5.75 Å². The number of aromatic nitrogens is 1. The van der Waals surface area contributed by atoms with E-state index in [4.69, 9.17) is 0 Å². The van der Waals surface area contributed by atoms with E-state index in [2.05, 4.69) is 9.72 Å². The molecule has 0 aromatic carbocycles. The van der Waals surface area contributed by atoms with Crippen molar-refractivity contribution in [3.05, 3.63) is 21.5 Å². The van der Waals surface area contributed by atoms with E-state index in [1.54, 1.807) is 0 Å². The molecule has 1 aromatic heterocycles. The van der Waals surface area contributed by atoms with Crippen LogP contribution in [-0.2, 0) is 0 Å². The third-order valence-electron chi connectivity index (χ3n) is 1.23. The van der Waals surface area contributed by atoms with Crippen molar-refractivity contribution in [2.75, 3.05) is 0 Å². The van der Waals surface area contributed by atoms with Crippen LogP contribution in [0.1, 0.15) is 5.69 Å². The van der Waals surface area contributed by atoms with E-state index in [1.807, 2.05) is 22.6 Å². The largest absolute Gasteiger partial charge is 0.573 e. The molecule has 0 spiro atoms. The fourth-order valence-corrected chi connectivity index (χ4v) is 1.14. The van der Waals surface area contributed by atoms with Crippen molar-refractivity contribution < 1.29 is 17.9 Å². The highest BCUT2D eigenvalue weighted by Gasteiger charge is 2.31. The molecule has 0 bridgehead atoms. The highest BCUT2D eigenvalue weighted by molar-refractivity contribution is 14.1. The van der Waals surface area contributed by atoms with Crippen LogP contribution in [0.4, 0.5) is 13.2 Å². The van der Waals surface area contributed by atoms with Crippen LogP contribution in [0.15, 0.2) is 12.3 Å². The monoisotopic (exact) mass is 303 g/mol. The van der Waals surface area contributed by atoms with Crippen molar-refractivity contribution in [3.63, 3.8) is 0 Å². The zero-order valence-corrected chi connectivity index (χ0v) is 8.68. The Balaban J connectivity index is 2.94. The minimum Gasteiger partial charge on any atom is -0.404 e. The lowest BCUT2D eigenvalue weighted by molar-refractivity contribution is -0.275. The van der Waals surface area contributed by atoms with Gasteiger partial charge in [0.25, 0.3) is 0 Å². The predicted molar refractivity (Wildman–Crippen MR) is 48.4 cm³/mol. The number of nitrogens with zero attached hydrogens (tertiary/aromatic N) is 1. The van der Waals surface area contributed by atoms with Crippen molar-refractivity contribution in [1.82, 2.24) is 4.98 Å². The van der Waals surface area contributed by atoms with Crippen LogP contribution in [0, 0.1) is 10.5 Å². The van der Waals surface area contributed by atoms with Crippen LogP contribution in [-0.4, -0.2) is 11.3 Å². The SMILES string of the molecule is Cc1ncc(I)cc1OC(F)(F)F. The lowest BCUT2D eigenvalue weighted by Crippen LogP contribution is -2.18. The summed E-state index contributed by atoms with van der Waals surface area (Å²) < 4.78 is 39.7. The van der Waals surface area contributed by atoms with Gasteiger partial charge in [0.1, 0.15) is 0 Å². The molecule has 2 nitrogen and oxygen atoms in total. The van der Waals surface area contributed by atoms with Gasteiger partial charge >= 0.3 is 6.36 Å². The first-order chi connectivity index (χ1) is 5.88. The van der Waals surface area contributed by atoms with E-state index in [9.17, 15) is 13.2 Å². The van der Waals surface area contributed by atoms with E-state index in [0.717, 1.165) is 0 Å². The van der Waals surface area contributed by atoms with Gasteiger partial charge < -0.3 is 4.74 Å². The highest BCUT2D eigenvalue weighted by atomic mass is 127. The van der Waals surface area contributed by atoms with Gasteiger partial charge in [-0.1, -0.05) is 0 Å². The predicted octanol–water partition coefficient (Wildman–Crippen LogP) is 2.89. The van der Waals surface area contributed by atoms with Crippen LogP contribution in [0.25, 0.3) is 0 Å². The number of halogens is 4. The lowest BCUT2D eigenvalue weighted by Gasteiger charge is -2.10. The summed E-state index contributed by atoms with van der Waals surface area (Å²) in [5.41, 5.74) is 0.220. The van der Waals surface area contributed by atoms with Crippen molar-refractivity contribution in [3.8, 4) is 5.75 Å². The normalized spacial score (nSPS) is 11.5. The lowest BCUT2D eigenvalue weighted by atomic mass is 10.3. The van der Waals surface area contributed by atoms with Crippen LogP contribution in [0.2, 0.25) is 0 Å². The first-order valence-electron chi connectivity index (χ1n) is 3.26. The molecule has 0 aliphatic heterocycles. The molecule has 1 rings (SSSR count). The maximum Gasteiger partial charge on any atom is 0.573 e. The molecule has 6 heteroatoms. The summed E-state index contributed by atoms with van der Waals surface area (Å²) in [4.78, 5) is 3.73. The number of alkyl halides is 3. The number of ether oxygens (including phenoxy) is 1. The summed E-state index contributed by atoms with van der Waals surface area (Å²) in [6.07, 6.45) is -3.18. The van der Waals surface area contributed by atoms with Crippen molar-refractivity contribution >= 4 is 22.6 Å². The summed E-state index contributed by atoms with van der Waals surface area (Å²) in [6.45, 7) is 1.46. The maximum atomic E-state index is 11.8. The molecule has 0 atom stereocenters. The maximum absolute atomic E-state index is 11.8. The van der Waals surface area contributed by atoms with E-state index in [1.165, 1.54) is 19.2 Å². The van der Waals surface area contributed by atoms with E-state index >= 15 is 0 Å². The Kier molecular flexibility index (Phi) is 2.99. The summed E-state index contributed by atoms with van der Waals surface area (Å²) in [5.74, 6) is -0.251. The number of aryl methyl sites for hydroxylation is 1. The standard InChI is InChI=1S/C7H5F3INO/c1-4-6(13-7(8,9)10)2-5(11)3-12-4/h2-3H,1H3.